The van der Waals surface area contributed by atoms with Crippen LogP contribution in [0.4, 0.5) is 5.82 Å². The molecule has 2 amide bonds. The number of anilines is 1. The molecule has 1 aromatic rings. The summed E-state index contributed by atoms with van der Waals surface area (Å²) in [5.41, 5.74) is 0. The second kappa shape index (κ2) is 7.75. The molecule has 24 heavy (non-hydrogen) atoms. The SMILES string of the molecule is CCN(CC(=O)Nc1cc(C)on1)CC(=O)N[C@H]1CCS(=O)(=O)C1. The fourth-order valence-electron chi connectivity index (χ4n) is 2.48. The fraction of sp³-hybridized carbons (Fsp3) is 0.643. The van der Waals surface area contributed by atoms with Crippen LogP contribution in [0, 0.1) is 6.92 Å². The van der Waals surface area contributed by atoms with E-state index >= 15 is 0 Å². The normalized spacial score (nSPS) is 19.4. The summed E-state index contributed by atoms with van der Waals surface area (Å²) in [7, 11) is -3.03. The molecule has 0 radical (unpaired) electrons. The summed E-state index contributed by atoms with van der Waals surface area (Å²) in [4.78, 5) is 25.6. The van der Waals surface area contributed by atoms with Crippen molar-refractivity contribution in [1.29, 1.82) is 0 Å². The molecule has 0 bridgehead atoms. The van der Waals surface area contributed by atoms with E-state index in [9.17, 15) is 18.0 Å². The summed E-state index contributed by atoms with van der Waals surface area (Å²) in [5.74, 6) is 0.411. The minimum Gasteiger partial charge on any atom is -0.360 e. The number of carbonyl (C=O) groups excluding carboxylic acids is 2. The van der Waals surface area contributed by atoms with Gasteiger partial charge in [-0.15, -0.1) is 0 Å². The lowest BCUT2D eigenvalue weighted by molar-refractivity contribution is -0.123. The summed E-state index contributed by atoms with van der Waals surface area (Å²) in [6.07, 6.45) is 0.437. The molecule has 134 valence electrons. The maximum atomic E-state index is 12.0. The predicted molar refractivity (Wildman–Crippen MR) is 87.2 cm³/mol. The van der Waals surface area contributed by atoms with Crippen molar-refractivity contribution in [2.24, 2.45) is 0 Å². The van der Waals surface area contributed by atoms with Gasteiger partial charge in [0.15, 0.2) is 15.7 Å². The number of nitrogens with one attached hydrogen (secondary N) is 2. The van der Waals surface area contributed by atoms with Crippen LogP contribution in [0.2, 0.25) is 0 Å². The third-order valence-corrected chi connectivity index (χ3v) is 5.44. The van der Waals surface area contributed by atoms with Crippen molar-refractivity contribution in [3.63, 3.8) is 0 Å². The Labute approximate surface area is 140 Å². The van der Waals surface area contributed by atoms with E-state index in [1.165, 1.54) is 0 Å². The van der Waals surface area contributed by atoms with E-state index in [2.05, 4.69) is 15.8 Å². The topological polar surface area (TPSA) is 122 Å². The van der Waals surface area contributed by atoms with Gasteiger partial charge in [0.1, 0.15) is 5.76 Å². The van der Waals surface area contributed by atoms with Crippen LogP contribution >= 0.6 is 0 Å². The van der Waals surface area contributed by atoms with E-state index in [1.807, 2.05) is 6.92 Å². The van der Waals surface area contributed by atoms with Crippen molar-refractivity contribution in [3.8, 4) is 0 Å². The molecule has 9 nitrogen and oxygen atoms in total. The van der Waals surface area contributed by atoms with Gasteiger partial charge in [0.05, 0.1) is 24.6 Å². The molecule has 1 saturated heterocycles. The molecule has 2 N–H and O–H groups in total. The number of aryl methyl sites for hydroxylation is 1. The van der Waals surface area contributed by atoms with Crippen molar-refractivity contribution in [2.75, 3.05) is 36.5 Å². The van der Waals surface area contributed by atoms with Crippen LogP contribution < -0.4 is 10.6 Å². The molecule has 1 fully saturated rings. The number of rotatable bonds is 7. The molecule has 1 aliphatic rings. The Bertz CT molecular complexity index is 700. The molecule has 10 heteroatoms. The number of amides is 2. The van der Waals surface area contributed by atoms with E-state index in [0.717, 1.165) is 0 Å². The van der Waals surface area contributed by atoms with Crippen LogP contribution in [0.1, 0.15) is 19.1 Å². The number of nitrogens with zero attached hydrogens (tertiary/aromatic N) is 2. The van der Waals surface area contributed by atoms with E-state index in [0.29, 0.717) is 24.5 Å². The zero-order valence-corrected chi connectivity index (χ0v) is 14.6. The molecule has 2 heterocycles. The van der Waals surface area contributed by atoms with E-state index < -0.39 is 9.84 Å². The number of carbonyl (C=O) groups is 2. The molecule has 0 aromatic carbocycles. The predicted octanol–water partition coefficient (Wildman–Crippen LogP) is -0.453. The lowest BCUT2D eigenvalue weighted by atomic mass is 10.2. The van der Waals surface area contributed by atoms with Crippen molar-refractivity contribution >= 4 is 27.5 Å². The van der Waals surface area contributed by atoms with Gasteiger partial charge in [-0.3, -0.25) is 14.5 Å². The fourth-order valence-corrected chi connectivity index (χ4v) is 4.15. The van der Waals surface area contributed by atoms with Gasteiger partial charge >= 0.3 is 0 Å². The molecule has 1 aliphatic heterocycles. The minimum atomic E-state index is -3.03. The number of sulfone groups is 1. The third-order valence-electron chi connectivity index (χ3n) is 3.67. The maximum Gasteiger partial charge on any atom is 0.239 e. The van der Waals surface area contributed by atoms with Crippen molar-refractivity contribution in [1.82, 2.24) is 15.4 Å². The lowest BCUT2D eigenvalue weighted by Gasteiger charge is -2.20. The van der Waals surface area contributed by atoms with Crippen molar-refractivity contribution in [2.45, 2.75) is 26.3 Å². The Morgan fingerprint density at radius 3 is 2.62 bits per heavy atom. The number of hydrogen-bond acceptors (Lipinski definition) is 7. The highest BCUT2D eigenvalue weighted by molar-refractivity contribution is 7.91. The van der Waals surface area contributed by atoms with Crippen LogP contribution in [-0.4, -0.2) is 67.5 Å². The van der Waals surface area contributed by atoms with Gasteiger partial charge in [-0.05, 0) is 19.9 Å². The number of likely N-dealkylation sites (N-methyl/N-ethyl adjacent to an activating group) is 1. The second-order valence-electron chi connectivity index (χ2n) is 5.84. The highest BCUT2D eigenvalue weighted by atomic mass is 32.2. The average Bonchev–Trinajstić information content (AvgIpc) is 3.03. The zero-order valence-electron chi connectivity index (χ0n) is 13.7. The largest absolute Gasteiger partial charge is 0.360 e. The molecule has 0 unspecified atom stereocenters. The smallest absolute Gasteiger partial charge is 0.239 e. The number of aromatic nitrogens is 1. The summed E-state index contributed by atoms with van der Waals surface area (Å²) >= 11 is 0. The van der Waals surface area contributed by atoms with E-state index in [1.54, 1.807) is 17.9 Å². The van der Waals surface area contributed by atoms with Crippen LogP contribution in [0.15, 0.2) is 10.6 Å². The molecule has 0 saturated carbocycles. The van der Waals surface area contributed by atoms with Gasteiger partial charge in [0.25, 0.3) is 0 Å². The summed E-state index contributed by atoms with van der Waals surface area (Å²) in [5, 5.41) is 8.97. The molecule has 1 aromatic heterocycles. The molecule has 1 atom stereocenters. The van der Waals surface area contributed by atoms with Gasteiger partial charge in [0.2, 0.25) is 11.8 Å². The molecule has 0 spiro atoms. The van der Waals surface area contributed by atoms with Crippen molar-refractivity contribution < 1.29 is 22.5 Å². The average molecular weight is 358 g/mol. The van der Waals surface area contributed by atoms with Gasteiger partial charge < -0.3 is 15.2 Å². The van der Waals surface area contributed by atoms with E-state index in [-0.39, 0.29) is 42.5 Å². The van der Waals surface area contributed by atoms with Gasteiger partial charge in [-0.2, -0.15) is 0 Å². The zero-order chi connectivity index (χ0) is 17.7. The summed E-state index contributed by atoms with van der Waals surface area (Å²) in [6, 6.07) is 1.26. The highest BCUT2D eigenvalue weighted by Crippen LogP contribution is 2.11. The summed E-state index contributed by atoms with van der Waals surface area (Å²) < 4.78 is 27.6. The van der Waals surface area contributed by atoms with Crippen LogP contribution in [0.5, 0.6) is 0 Å². The van der Waals surface area contributed by atoms with Crippen LogP contribution in [0.25, 0.3) is 0 Å². The third kappa shape index (κ3) is 5.60. The quantitative estimate of drug-likeness (QED) is 0.677. The lowest BCUT2D eigenvalue weighted by Crippen LogP contribution is -2.44. The van der Waals surface area contributed by atoms with Crippen LogP contribution in [-0.2, 0) is 19.4 Å². The molecule has 2 rings (SSSR count). The molecular weight excluding hydrogens is 336 g/mol. The molecule has 0 aliphatic carbocycles. The Morgan fingerprint density at radius 2 is 2.08 bits per heavy atom. The van der Waals surface area contributed by atoms with Crippen LogP contribution in [0.3, 0.4) is 0 Å². The molecular formula is C14H22N4O5S. The van der Waals surface area contributed by atoms with Gasteiger partial charge in [-0.25, -0.2) is 8.42 Å². The Morgan fingerprint density at radius 1 is 1.38 bits per heavy atom. The highest BCUT2D eigenvalue weighted by Gasteiger charge is 2.29. The minimum absolute atomic E-state index is 0.0170. The summed E-state index contributed by atoms with van der Waals surface area (Å²) in [6.45, 7) is 4.11. The van der Waals surface area contributed by atoms with Gasteiger partial charge in [0, 0.05) is 12.1 Å². The first-order chi connectivity index (χ1) is 11.3. The Hall–Kier alpha value is -1.94. The van der Waals surface area contributed by atoms with Crippen molar-refractivity contribution in [3.05, 3.63) is 11.8 Å². The first-order valence-electron chi connectivity index (χ1n) is 7.72. The van der Waals surface area contributed by atoms with E-state index in [4.69, 9.17) is 4.52 Å². The Balaban J connectivity index is 1.78. The standard InChI is InChI=1S/C14H22N4O5S/c1-3-18(8-14(20)16-12-6-10(2)23-17-12)7-13(19)15-11-4-5-24(21,22)9-11/h6,11H,3-5,7-9H2,1-2H3,(H,15,19)(H,16,17,20)/t11-/m0/s1. The van der Waals surface area contributed by atoms with Gasteiger partial charge in [-0.1, -0.05) is 12.1 Å². The Kier molecular flexibility index (Phi) is 5.94. The maximum absolute atomic E-state index is 12.0. The second-order valence-corrected chi connectivity index (χ2v) is 8.07. The first kappa shape index (κ1) is 18.4. The monoisotopic (exact) mass is 358 g/mol. The number of hydrogen-bond donors (Lipinski definition) is 2. The first-order valence-corrected chi connectivity index (χ1v) is 9.55.